The molecule has 0 radical (unpaired) electrons. The van der Waals surface area contributed by atoms with Crippen molar-refractivity contribution in [3.05, 3.63) is 83.4 Å². The number of alkyl halides is 3. The van der Waals surface area contributed by atoms with Crippen molar-refractivity contribution in [2.24, 2.45) is 0 Å². The minimum absolute atomic E-state index is 0.128. The summed E-state index contributed by atoms with van der Waals surface area (Å²) in [4.78, 5) is 10.4. The van der Waals surface area contributed by atoms with Gasteiger partial charge in [-0.15, -0.1) is 0 Å². The highest BCUT2D eigenvalue weighted by atomic mass is 19.4. The van der Waals surface area contributed by atoms with Crippen LogP contribution in [0.25, 0.3) is 0 Å². The van der Waals surface area contributed by atoms with Crippen LogP contribution in [0.3, 0.4) is 0 Å². The summed E-state index contributed by atoms with van der Waals surface area (Å²) in [5, 5.41) is 0. The number of nitrogens with zero attached hydrogens (tertiary/aromatic N) is 3. The maximum Gasteiger partial charge on any atom is 0.419 e. The quantitative estimate of drug-likeness (QED) is 0.545. The Balaban J connectivity index is 1.89. The lowest BCUT2D eigenvalue weighted by Gasteiger charge is -2.28. The van der Waals surface area contributed by atoms with E-state index in [1.165, 1.54) is 6.07 Å². The van der Waals surface area contributed by atoms with E-state index in [0.29, 0.717) is 11.5 Å². The van der Waals surface area contributed by atoms with Crippen LogP contribution in [0.5, 0.6) is 0 Å². The standard InChI is InChI=1S/C20H15F4N3/c1-12-14-5-2-3-6-17(14)27(19-25-9-4-10-26-19)18(12)13-7-8-16(21)15(11-13)20(22,23)24/h2-12,18H,1H3. The van der Waals surface area contributed by atoms with Crippen molar-refractivity contribution in [3.8, 4) is 0 Å². The first-order valence-corrected chi connectivity index (χ1v) is 8.40. The molecule has 0 amide bonds. The number of anilines is 2. The number of hydrogen-bond acceptors (Lipinski definition) is 3. The number of fused-ring (bicyclic) bond motifs is 1. The second-order valence-corrected chi connectivity index (χ2v) is 6.45. The van der Waals surface area contributed by atoms with Crippen LogP contribution in [0.15, 0.2) is 60.9 Å². The molecule has 138 valence electrons. The van der Waals surface area contributed by atoms with Gasteiger partial charge in [0.05, 0.1) is 11.6 Å². The van der Waals surface area contributed by atoms with E-state index in [1.54, 1.807) is 18.5 Å². The van der Waals surface area contributed by atoms with E-state index in [2.05, 4.69) is 9.97 Å². The molecule has 1 aromatic heterocycles. The Hall–Kier alpha value is -2.96. The smallest absolute Gasteiger partial charge is 0.302 e. The number of para-hydroxylation sites is 1. The summed E-state index contributed by atoms with van der Waals surface area (Å²) >= 11 is 0. The predicted molar refractivity (Wildman–Crippen MR) is 93.2 cm³/mol. The van der Waals surface area contributed by atoms with Crippen molar-refractivity contribution in [2.45, 2.75) is 25.1 Å². The molecule has 2 atom stereocenters. The molecule has 0 spiro atoms. The molecule has 2 heterocycles. The molecule has 0 saturated carbocycles. The first-order valence-electron chi connectivity index (χ1n) is 8.40. The van der Waals surface area contributed by atoms with Crippen molar-refractivity contribution >= 4 is 11.6 Å². The topological polar surface area (TPSA) is 29.0 Å². The Morgan fingerprint density at radius 3 is 2.37 bits per heavy atom. The number of halogens is 4. The third-order valence-electron chi connectivity index (χ3n) is 4.84. The minimum Gasteiger partial charge on any atom is -0.302 e. The van der Waals surface area contributed by atoms with Gasteiger partial charge in [-0.1, -0.05) is 31.2 Å². The van der Waals surface area contributed by atoms with E-state index >= 15 is 0 Å². The van der Waals surface area contributed by atoms with Crippen LogP contribution in [0.2, 0.25) is 0 Å². The van der Waals surface area contributed by atoms with Crippen LogP contribution < -0.4 is 4.90 Å². The number of hydrogen-bond donors (Lipinski definition) is 0. The van der Waals surface area contributed by atoms with Gasteiger partial charge in [0.15, 0.2) is 0 Å². The fourth-order valence-electron chi connectivity index (χ4n) is 3.67. The maximum absolute atomic E-state index is 13.8. The fraction of sp³-hybridized carbons (Fsp3) is 0.200. The van der Waals surface area contributed by atoms with E-state index in [-0.39, 0.29) is 5.92 Å². The molecule has 1 aliphatic rings. The number of rotatable bonds is 2. The highest BCUT2D eigenvalue weighted by Crippen LogP contribution is 2.51. The van der Waals surface area contributed by atoms with Crippen molar-refractivity contribution in [2.75, 3.05) is 4.90 Å². The van der Waals surface area contributed by atoms with E-state index in [4.69, 9.17) is 0 Å². The minimum atomic E-state index is -4.76. The molecule has 2 aromatic carbocycles. The van der Waals surface area contributed by atoms with Crippen LogP contribution in [0.1, 0.15) is 35.6 Å². The van der Waals surface area contributed by atoms with Gasteiger partial charge in [0.1, 0.15) is 5.82 Å². The molecule has 7 heteroatoms. The lowest BCUT2D eigenvalue weighted by atomic mass is 9.91. The van der Waals surface area contributed by atoms with Crippen molar-refractivity contribution in [3.63, 3.8) is 0 Å². The summed E-state index contributed by atoms with van der Waals surface area (Å²) in [5.74, 6) is -1.02. The van der Waals surface area contributed by atoms with Gasteiger partial charge in [-0.05, 0) is 35.4 Å². The molecule has 2 unspecified atom stereocenters. The van der Waals surface area contributed by atoms with Crippen molar-refractivity contribution in [1.29, 1.82) is 0 Å². The van der Waals surface area contributed by atoms with Gasteiger partial charge in [-0.25, -0.2) is 14.4 Å². The molecule has 0 aliphatic carbocycles. The molecular weight excluding hydrogens is 358 g/mol. The molecule has 0 N–H and O–H groups in total. The van der Waals surface area contributed by atoms with E-state index in [1.807, 2.05) is 36.1 Å². The van der Waals surface area contributed by atoms with Gasteiger partial charge in [0.2, 0.25) is 5.95 Å². The number of aromatic nitrogens is 2. The fourth-order valence-corrected chi connectivity index (χ4v) is 3.67. The van der Waals surface area contributed by atoms with E-state index in [0.717, 1.165) is 23.4 Å². The Kier molecular flexibility index (Phi) is 4.09. The van der Waals surface area contributed by atoms with Crippen LogP contribution in [-0.4, -0.2) is 9.97 Å². The van der Waals surface area contributed by atoms with Gasteiger partial charge in [0.25, 0.3) is 0 Å². The Morgan fingerprint density at radius 1 is 0.963 bits per heavy atom. The number of benzene rings is 2. The molecule has 1 aliphatic heterocycles. The highest BCUT2D eigenvalue weighted by Gasteiger charge is 2.41. The van der Waals surface area contributed by atoms with Gasteiger partial charge < -0.3 is 4.90 Å². The molecule has 3 nitrogen and oxygen atoms in total. The molecule has 0 fully saturated rings. The lowest BCUT2D eigenvalue weighted by molar-refractivity contribution is -0.140. The van der Waals surface area contributed by atoms with E-state index < -0.39 is 23.6 Å². The van der Waals surface area contributed by atoms with Crippen LogP contribution in [-0.2, 0) is 6.18 Å². The predicted octanol–water partition coefficient (Wildman–Crippen LogP) is 5.63. The second-order valence-electron chi connectivity index (χ2n) is 6.45. The summed E-state index contributed by atoms with van der Waals surface area (Å²) in [6.45, 7) is 1.93. The zero-order valence-corrected chi connectivity index (χ0v) is 14.3. The van der Waals surface area contributed by atoms with Crippen LogP contribution >= 0.6 is 0 Å². The van der Waals surface area contributed by atoms with Crippen LogP contribution in [0, 0.1) is 5.82 Å². The zero-order valence-electron chi connectivity index (χ0n) is 14.3. The molecule has 4 rings (SSSR count). The highest BCUT2D eigenvalue weighted by molar-refractivity contribution is 5.70. The maximum atomic E-state index is 13.8. The van der Waals surface area contributed by atoms with Gasteiger partial charge in [-0.2, -0.15) is 13.2 Å². The average molecular weight is 373 g/mol. The van der Waals surface area contributed by atoms with Gasteiger partial charge in [-0.3, -0.25) is 0 Å². The monoisotopic (exact) mass is 373 g/mol. The average Bonchev–Trinajstić information content (AvgIpc) is 2.95. The largest absolute Gasteiger partial charge is 0.419 e. The normalized spacial score (nSPS) is 19.2. The Labute approximate surface area is 153 Å². The van der Waals surface area contributed by atoms with Gasteiger partial charge in [0, 0.05) is 24.0 Å². The van der Waals surface area contributed by atoms with Crippen LogP contribution in [0.4, 0.5) is 29.2 Å². The lowest BCUT2D eigenvalue weighted by Crippen LogP contribution is -2.24. The van der Waals surface area contributed by atoms with Gasteiger partial charge >= 0.3 is 6.18 Å². The third kappa shape index (κ3) is 2.93. The Bertz CT molecular complexity index is 972. The summed E-state index contributed by atoms with van der Waals surface area (Å²) in [7, 11) is 0. The SMILES string of the molecule is CC1c2ccccc2N(c2ncccn2)C1c1ccc(F)c(C(F)(F)F)c1. The molecule has 27 heavy (non-hydrogen) atoms. The first kappa shape index (κ1) is 17.5. The third-order valence-corrected chi connectivity index (χ3v) is 4.84. The zero-order chi connectivity index (χ0) is 19.2. The summed E-state index contributed by atoms with van der Waals surface area (Å²) in [6, 6.07) is 11.9. The summed E-state index contributed by atoms with van der Waals surface area (Å²) < 4.78 is 53.4. The van der Waals surface area contributed by atoms with Crippen molar-refractivity contribution in [1.82, 2.24) is 9.97 Å². The Morgan fingerprint density at radius 2 is 1.67 bits per heavy atom. The van der Waals surface area contributed by atoms with Crippen molar-refractivity contribution < 1.29 is 17.6 Å². The first-order chi connectivity index (χ1) is 12.9. The second kappa shape index (κ2) is 6.33. The molecule has 3 aromatic rings. The molecular formula is C20H15F4N3. The molecule has 0 saturated heterocycles. The van der Waals surface area contributed by atoms with E-state index in [9.17, 15) is 17.6 Å². The summed E-state index contributed by atoms with van der Waals surface area (Å²) in [5.41, 5.74) is 0.906. The summed E-state index contributed by atoms with van der Waals surface area (Å²) in [6.07, 6.45) is -1.60. The molecule has 0 bridgehead atoms.